The van der Waals surface area contributed by atoms with Crippen molar-refractivity contribution in [2.45, 2.75) is 31.3 Å². The summed E-state index contributed by atoms with van der Waals surface area (Å²) in [7, 11) is 0. The quantitative estimate of drug-likeness (QED) is 0.897. The minimum absolute atomic E-state index is 0.600. The van der Waals surface area contributed by atoms with Crippen LogP contribution in [0.2, 0.25) is 0 Å². The van der Waals surface area contributed by atoms with E-state index in [-0.39, 0.29) is 0 Å². The van der Waals surface area contributed by atoms with Gasteiger partial charge in [-0.05, 0) is 29.9 Å². The Hall–Kier alpha value is -1.74. The average molecular weight is 240 g/mol. The van der Waals surface area contributed by atoms with Crippen molar-refractivity contribution in [1.82, 2.24) is 9.97 Å². The van der Waals surface area contributed by atoms with E-state index in [2.05, 4.69) is 22.1 Å². The van der Waals surface area contributed by atoms with E-state index < -0.39 is 6.10 Å². The summed E-state index contributed by atoms with van der Waals surface area (Å²) in [6.45, 7) is 0. The Balaban J connectivity index is 1.87. The molecule has 1 aromatic heterocycles. The first-order valence-corrected chi connectivity index (χ1v) is 6.38. The molecule has 1 atom stereocenters. The van der Waals surface area contributed by atoms with Crippen molar-refractivity contribution in [3.05, 3.63) is 59.7 Å². The van der Waals surface area contributed by atoms with Crippen LogP contribution in [0.3, 0.4) is 0 Å². The van der Waals surface area contributed by atoms with Gasteiger partial charge in [-0.1, -0.05) is 30.7 Å². The first kappa shape index (κ1) is 11.4. The molecule has 0 aliphatic heterocycles. The van der Waals surface area contributed by atoms with Crippen molar-refractivity contribution in [2.75, 3.05) is 0 Å². The SMILES string of the molecule is OC(c1cccc(C2CCC2)c1)c1cnccn1. The van der Waals surface area contributed by atoms with Crippen molar-refractivity contribution < 1.29 is 5.11 Å². The molecule has 0 bridgehead atoms. The molecule has 1 aromatic carbocycles. The van der Waals surface area contributed by atoms with Gasteiger partial charge in [0, 0.05) is 12.4 Å². The van der Waals surface area contributed by atoms with E-state index >= 15 is 0 Å². The summed E-state index contributed by atoms with van der Waals surface area (Å²) in [6, 6.07) is 8.21. The molecule has 18 heavy (non-hydrogen) atoms. The van der Waals surface area contributed by atoms with E-state index in [0.29, 0.717) is 11.6 Å². The number of nitrogens with zero attached hydrogens (tertiary/aromatic N) is 2. The van der Waals surface area contributed by atoms with Crippen molar-refractivity contribution in [2.24, 2.45) is 0 Å². The molecule has 92 valence electrons. The smallest absolute Gasteiger partial charge is 0.123 e. The van der Waals surface area contributed by atoms with Crippen LogP contribution in [-0.4, -0.2) is 15.1 Å². The van der Waals surface area contributed by atoms with Crippen LogP contribution in [0.15, 0.2) is 42.9 Å². The van der Waals surface area contributed by atoms with E-state index in [0.717, 1.165) is 5.56 Å². The summed E-state index contributed by atoms with van der Waals surface area (Å²) in [4.78, 5) is 8.14. The van der Waals surface area contributed by atoms with Crippen LogP contribution < -0.4 is 0 Å². The van der Waals surface area contributed by atoms with Crippen molar-refractivity contribution in [3.63, 3.8) is 0 Å². The maximum Gasteiger partial charge on any atom is 0.123 e. The lowest BCUT2D eigenvalue weighted by molar-refractivity contribution is 0.214. The summed E-state index contributed by atoms with van der Waals surface area (Å²) in [5.41, 5.74) is 2.84. The van der Waals surface area contributed by atoms with Crippen LogP contribution in [0, 0.1) is 0 Å². The van der Waals surface area contributed by atoms with E-state index in [4.69, 9.17) is 0 Å². The molecule has 1 aliphatic rings. The molecule has 3 nitrogen and oxygen atoms in total. The number of aliphatic hydroxyl groups is 1. The molecular formula is C15H16N2O. The fraction of sp³-hybridized carbons (Fsp3) is 0.333. The van der Waals surface area contributed by atoms with Crippen LogP contribution in [0.5, 0.6) is 0 Å². The molecule has 1 heterocycles. The van der Waals surface area contributed by atoms with Crippen molar-refractivity contribution >= 4 is 0 Å². The third-order valence-corrected chi connectivity index (χ3v) is 3.67. The van der Waals surface area contributed by atoms with Gasteiger partial charge in [-0.3, -0.25) is 9.97 Å². The summed E-state index contributed by atoms with van der Waals surface area (Å²) in [5.74, 6) is 0.680. The Morgan fingerprint density at radius 2 is 2.11 bits per heavy atom. The number of hydrogen-bond donors (Lipinski definition) is 1. The maximum atomic E-state index is 10.3. The molecule has 1 N–H and O–H groups in total. The largest absolute Gasteiger partial charge is 0.382 e. The first-order chi connectivity index (χ1) is 8.84. The average Bonchev–Trinajstić information content (AvgIpc) is 2.37. The predicted octanol–water partition coefficient (Wildman–Crippen LogP) is 2.83. The molecular weight excluding hydrogens is 224 g/mol. The summed E-state index contributed by atoms with van der Waals surface area (Å²) >= 11 is 0. The monoisotopic (exact) mass is 240 g/mol. The highest BCUT2D eigenvalue weighted by molar-refractivity contribution is 5.31. The van der Waals surface area contributed by atoms with Gasteiger partial charge >= 0.3 is 0 Å². The minimum atomic E-state index is -0.682. The van der Waals surface area contributed by atoms with E-state index in [9.17, 15) is 5.11 Å². The van der Waals surface area contributed by atoms with Gasteiger partial charge in [0.05, 0.1) is 11.9 Å². The van der Waals surface area contributed by atoms with Crippen LogP contribution in [0.4, 0.5) is 0 Å². The number of hydrogen-bond acceptors (Lipinski definition) is 3. The highest BCUT2D eigenvalue weighted by Gasteiger charge is 2.20. The number of aromatic nitrogens is 2. The summed E-state index contributed by atoms with van der Waals surface area (Å²) < 4.78 is 0. The van der Waals surface area contributed by atoms with Crippen LogP contribution in [-0.2, 0) is 0 Å². The lowest BCUT2D eigenvalue weighted by atomic mass is 9.79. The minimum Gasteiger partial charge on any atom is -0.382 e. The fourth-order valence-corrected chi connectivity index (χ4v) is 2.35. The molecule has 1 unspecified atom stereocenters. The van der Waals surface area contributed by atoms with Gasteiger partial charge in [-0.15, -0.1) is 0 Å². The fourth-order valence-electron chi connectivity index (χ4n) is 2.35. The van der Waals surface area contributed by atoms with Crippen molar-refractivity contribution in [3.8, 4) is 0 Å². The Morgan fingerprint density at radius 3 is 2.78 bits per heavy atom. The van der Waals surface area contributed by atoms with Gasteiger partial charge in [0.15, 0.2) is 0 Å². The molecule has 0 amide bonds. The number of rotatable bonds is 3. The summed E-state index contributed by atoms with van der Waals surface area (Å²) in [5, 5.41) is 10.3. The Bertz CT molecular complexity index is 523. The zero-order valence-electron chi connectivity index (χ0n) is 10.2. The van der Waals surface area contributed by atoms with Crippen molar-refractivity contribution in [1.29, 1.82) is 0 Å². The lowest BCUT2D eigenvalue weighted by Crippen LogP contribution is -2.10. The molecule has 0 spiro atoms. The maximum absolute atomic E-state index is 10.3. The third kappa shape index (κ3) is 2.14. The van der Waals surface area contributed by atoms with Crippen LogP contribution in [0.25, 0.3) is 0 Å². The predicted molar refractivity (Wildman–Crippen MR) is 69.1 cm³/mol. The molecule has 1 saturated carbocycles. The van der Waals surface area contributed by atoms with E-state index in [1.165, 1.54) is 24.8 Å². The van der Waals surface area contributed by atoms with Crippen LogP contribution >= 0.6 is 0 Å². The normalized spacial score (nSPS) is 17.2. The van der Waals surface area contributed by atoms with Gasteiger partial charge in [0.25, 0.3) is 0 Å². The zero-order chi connectivity index (χ0) is 12.4. The highest BCUT2D eigenvalue weighted by atomic mass is 16.3. The molecule has 0 saturated heterocycles. The molecule has 3 heteroatoms. The van der Waals surface area contributed by atoms with Gasteiger partial charge in [-0.2, -0.15) is 0 Å². The third-order valence-electron chi connectivity index (χ3n) is 3.67. The Morgan fingerprint density at radius 1 is 1.22 bits per heavy atom. The Kier molecular flexibility index (Phi) is 3.07. The lowest BCUT2D eigenvalue weighted by Gasteiger charge is -2.26. The molecule has 1 fully saturated rings. The van der Waals surface area contributed by atoms with Gasteiger partial charge in [0.1, 0.15) is 6.10 Å². The first-order valence-electron chi connectivity index (χ1n) is 6.38. The topological polar surface area (TPSA) is 46.0 Å². The van der Waals surface area contributed by atoms with Crippen LogP contribution in [0.1, 0.15) is 48.1 Å². The number of aliphatic hydroxyl groups excluding tert-OH is 1. The summed E-state index contributed by atoms with van der Waals surface area (Å²) in [6.07, 6.45) is 8.01. The van der Waals surface area contributed by atoms with E-state index in [1.54, 1.807) is 18.6 Å². The zero-order valence-corrected chi connectivity index (χ0v) is 10.2. The van der Waals surface area contributed by atoms with E-state index in [1.807, 2.05) is 12.1 Å². The van der Waals surface area contributed by atoms with Gasteiger partial charge in [0.2, 0.25) is 0 Å². The molecule has 2 aromatic rings. The molecule has 3 rings (SSSR count). The molecule has 0 radical (unpaired) electrons. The highest BCUT2D eigenvalue weighted by Crippen LogP contribution is 2.37. The second-order valence-corrected chi connectivity index (χ2v) is 4.83. The second kappa shape index (κ2) is 4.86. The van der Waals surface area contributed by atoms with Gasteiger partial charge in [-0.25, -0.2) is 0 Å². The Labute approximate surface area is 107 Å². The second-order valence-electron chi connectivity index (χ2n) is 4.83. The molecule has 1 aliphatic carbocycles. The number of benzene rings is 1. The standard InChI is InChI=1S/C15H16N2O/c18-15(14-10-16-7-8-17-14)13-6-2-5-12(9-13)11-3-1-4-11/h2,5-11,15,18H,1,3-4H2. The van der Waals surface area contributed by atoms with Gasteiger partial charge < -0.3 is 5.11 Å².